The Morgan fingerprint density at radius 2 is 2.19 bits per heavy atom. The summed E-state index contributed by atoms with van der Waals surface area (Å²) >= 11 is 0. The third-order valence-corrected chi connectivity index (χ3v) is 3.77. The molecule has 88 valence electrons. The minimum atomic E-state index is -0.148. The number of benzene rings is 1. The molecule has 2 unspecified atom stereocenters. The van der Waals surface area contributed by atoms with Crippen LogP contribution in [0.25, 0.3) is 0 Å². The van der Waals surface area contributed by atoms with Crippen molar-refractivity contribution in [1.29, 1.82) is 0 Å². The number of hydrogen-bond donors (Lipinski definition) is 1. The van der Waals surface area contributed by atoms with E-state index in [-0.39, 0.29) is 5.60 Å². The van der Waals surface area contributed by atoms with Gasteiger partial charge < -0.3 is 10.5 Å². The van der Waals surface area contributed by atoms with Crippen LogP contribution in [0, 0.1) is 0 Å². The molecule has 2 atom stereocenters. The number of hydrogen-bond acceptors (Lipinski definition) is 2. The minimum absolute atomic E-state index is 0.148. The molecule has 0 saturated carbocycles. The van der Waals surface area contributed by atoms with Gasteiger partial charge in [-0.2, -0.15) is 0 Å². The summed E-state index contributed by atoms with van der Waals surface area (Å²) in [5.74, 6) is 0.577. The first-order valence-electron chi connectivity index (χ1n) is 6.10. The lowest BCUT2D eigenvalue weighted by atomic mass is 9.78. The van der Waals surface area contributed by atoms with E-state index in [2.05, 4.69) is 38.1 Å². The van der Waals surface area contributed by atoms with Crippen molar-refractivity contribution in [3.8, 4) is 0 Å². The normalized spacial score (nSPS) is 22.1. The first kappa shape index (κ1) is 11.6. The van der Waals surface area contributed by atoms with Crippen LogP contribution >= 0.6 is 0 Å². The fraction of sp³-hybridized carbons (Fsp3) is 0.571. The number of ether oxygens (including phenoxy) is 1. The fourth-order valence-electron chi connectivity index (χ4n) is 2.12. The summed E-state index contributed by atoms with van der Waals surface area (Å²) in [6.07, 6.45) is 2.12. The molecule has 2 nitrogen and oxygen atoms in total. The van der Waals surface area contributed by atoms with E-state index in [1.54, 1.807) is 0 Å². The molecule has 2 rings (SSSR count). The molecule has 1 aromatic carbocycles. The molecule has 0 fully saturated rings. The summed E-state index contributed by atoms with van der Waals surface area (Å²) < 4.78 is 5.96. The third kappa shape index (κ3) is 2.13. The molecule has 0 amide bonds. The molecule has 0 aromatic heterocycles. The maximum atomic E-state index is 5.96. The van der Waals surface area contributed by atoms with Crippen molar-refractivity contribution in [1.82, 2.24) is 0 Å². The highest BCUT2D eigenvalue weighted by atomic mass is 16.5. The molecule has 16 heavy (non-hydrogen) atoms. The Bertz CT molecular complexity index is 358. The first-order chi connectivity index (χ1) is 7.68. The van der Waals surface area contributed by atoms with Crippen LogP contribution in [-0.2, 0) is 11.2 Å². The second-order valence-electron chi connectivity index (χ2n) is 4.92. The molecule has 1 aromatic rings. The Hall–Kier alpha value is -0.860. The van der Waals surface area contributed by atoms with Gasteiger partial charge in [0, 0.05) is 12.5 Å². The molecular formula is C14H21NO. The van der Waals surface area contributed by atoms with E-state index in [1.165, 1.54) is 11.1 Å². The lowest BCUT2D eigenvalue weighted by Gasteiger charge is -2.34. The van der Waals surface area contributed by atoms with Crippen LogP contribution in [-0.4, -0.2) is 18.8 Å². The molecular weight excluding hydrogens is 198 g/mol. The summed E-state index contributed by atoms with van der Waals surface area (Å²) in [5, 5.41) is 0. The van der Waals surface area contributed by atoms with Gasteiger partial charge in [0.25, 0.3) is 0 Å². The standard InChI is InChI=1S/C14H21NO/c1-3-14(2,10-15)16-9-12-8-11-6-4-5-7-13(11)12/h4-7,12H,3,8-10,15H2,1-2H3. The maximum absolute atomic E-state index is 5.96. The van der Waals surface area contributed by atoms with Gasteiger partial charge in [-0.15, -0.1) is 0 Å². The molecule has 0 heterocycles. The second kappa shape index (κ2) is 4.56. The SMILES string of the molecule is CCC(C)(CN)OCC1Cc2ccccc21. The smallest absolute Gasteiger partial charge is 0.0773 e. The van der Waals surface area contributed by atoms with Crippen LogP contribution in [0.5, 0.6) is 0 Å². The number of nitrogens with two attached hydrogens (primary N) is 1. The van der Waals surface area contributed by atoms with Crippen LogP contribution in [0.15, 0.2) is 24.3 Å². The Kier molecular flexibility index (Phi) is 3.31. The molecule has 0 saturated heterocycles. The van der Waals surface area contributed by atoms with Crippen molar-refractivity contribution in [2.45, 2.75) is 38.2 Å². The monoisotopic (exact) mass is 219 g/mol. The van der Waals surface area contributed by atoms with Gasteiger partial charge in [-0.05, 0) is 30.9 Å². The van der Waals surface area contributed by atoms with Gasteiger partial charge in [0.1, 0.15) is 0 Å². The largest absolute Gasteiger partial charge is 0.373 e. The second-order valence-corrected chi connectivity index (χ2v) is 4.92. The first-order valence-corrected chi connectivity index (χ1v) is 6.10. The zero-order valence-electron chi connectivity index (χ0n) is 10.2. The van der Waals surface area contributed by atoms with Crippen molar-refractivity contribution in [3.63, 3.8) is 0 Å². The average molecular weight is 219 g/mol. The molecule has 2 N–H and O–H groups in total. The summed E-state index contributed by atoms with van der Waals surface area (Å²) in [6.45, 7) is 5.62. The fourth-order valence-corrected chi connectivity index (χ4v) is 2.12. The van der Waals surface area contributed by atoms with Crippen molar-refractivity contribution >= 4 is 0 Å². The Morgan fingerprint density at radius 1 is 1.44 bits per heavy atom. The van der Waals surface area contributed by atoms with Crippen molar-refractivity contribution in [2.75, 3.05) is 13.2 Å². The van der Waals surface area contributed by atoms with E-state index in [9.17, 15) is 0 Å². The van der Waals surface area contributed by atoms with E-state index < -0.39 is 0 Å². The molecule has 0 spiro atoms. The highest BCUT2D eigenvalue weighted by Gasteiger charge is 2.29. The van der Waals surface area contributed by atoms with Gasteiger partial charge in [0.05, 0.1) is 12.2 Å². The molecule has 1 aliphatic rings. The van der Waals surface area contributed by atoms with Gasteiger partial charge >= 0.3 is 0 Å². The quantitative estimate of drug-likeness (QED) is 0.825. The van der Waals surface area contributed by atoms with E-state index in [4.69, 9.17) is 10.5 Å². The Labute approximate surface area is 97.8 Å². The van der Waals surface area contributed by atoms with Crippen LogP contribution in [0.4, 0.5) is 0 Å². The Balaban J connectivity index is 1.90. The van der Waals surface area contributed by atoms with E-state index in [0.717, 1.165) is 19.4 Å². The molecule has 0 bridgehead atoms. The summed E-state index contributed by atoms with van der Waals surface area (Å²) in [5.41, 5.74) is 8.52. The van der Waals surface area contributed by atoms with E-state index in [0.29, 0.717) is 12.5 Å². The number of fused-ring (bicyclic) bond motifs is 1. The van der Waals surface area contributed by atoms with Crippen LogP contribution in [0.2, 0.25) is 0 Å². The lowest BCUT2D eigenvalue weighted by Crippen LogP contribution is -2.39. The minimum Gasteiger partial charge on any atom is -0.373 e. The molecule has 1 aliphatic carbocycles. The lowest BCUT2D eigenvalue weighted by molar-refractivity contribution is -0.0365. The summed E-state index contributed by atoms with van der Waals surface area (Å²) in [4.78, 5) is 0. The summed E-state index contributed by atoms with van der Waals surface area (Å²) in [7, 11) is 0. The topological polar surface area (TPSA) is 35.2 Å². The van der Waals surface area contributed by atoms with E-state index >= 15 is 0 Å². The van der Waals surface area contributed by atoms with Gasteiger partial charge in [-0.25, -0.2) is 0 Å². The zero-order chi connectivity index (χ0) is 11.6. The third-order valence-electron chi connectivity index (χ3n) is 3.77. The van der Waals surface area contributed by atoms with Crippen LogP contribution in [0.1, 0.15) is 37.3 Å². The van der Waals surface area contributed by atoms with Crippen LogP contribution in [0.3, 0.4) is 0 Å². The summed E-state index contributed by atoms with van der Waals surface area (Å²) in [6, 6.07) is 8.62. The zero-order valence-corrected chi connectivity index (χ0v) is 10.2. The molecule has 0 radical (unpaired) electrons. The van der Waals surface area contributed by atoms with Crippen molar-refractivity contribution < 1.29 is 4.74 Å². The van der Waals surface area contributed by atoms with Gasteiger partial charge in [-0.1, -0.05) is 31.2 Å². The van der Waals surface area contributed by atoms with E-state index in [1.807, 2.05) is 0 Å². The van der Waals surface area contributed by atoms with Crippen LogP contribution < -0.4 is 5.73 Å². The molecule has 0 aliphatic heterocycles. The highest BCUT2D eigenvalue weighted by molar-refractivity contribution is 5.39. The molecule has 2 heteroatoms. The number of rotatable bonds is 5. The van der Waals surface area contributed by atoms with Gasteiger partial charge in [-0.3, -0.25) is 0 Å². The van der Waals surface area contributed by atoms with Crippen molar-refractivity contribution in [3.05, 3.63) is 35.4 Å². The predicted octanol–water partition coefficient (Wildman–Crippen LogP) is 2.47. The van der Waals surface area contributed by atoms with Gasteiger partial charge in [0.15, 0.2) is 0 Å². The average Bonchev–Trinajstić information content (AvgIpc) is 2.30. The predicted molar refractivity (Wildman–Crippen MR) is 66.6 cm³/mol. The Morgan fingerprint density at radius 3 is 2.81 bits per heavy atom. The maximum Gasteiger partial charge on any atom is 0.0773 e. The van der Waals surface area contributed by atoms with Gasteiger partial charge in [0.2, 0.25) is 0 Å². The van der Waals surface area contributed by atoms with Crippen molar-refractivity contribution in [2.24, 2.45) is 5.73 Å². The highest BCUT2D eigenvalue weighted by Crippen LogP contribution is 2.35.